The van der Waals surface area contributed by atoms with Crippen LogP contribution in [0.1, 0.15) is 31.4 Å². The van der Waals surface area contributed by atoms with E-state index in [1.165, 1.54) is 6.92 Å². The monoisotopic (exact) mass is 292 g/mol. The number of aromatic nitrogens is 3. The van der Waals surface area contributed by atoms with Gasteiger partial charge in [-0.25, -0.2) is 4.68 Å². The highest BCUT2D eigenvalue weighted by molar-refractivity contribution is 5.91. The lowest BCUT2D eigenvalue weighted by atomic mass is 9.92. The second-order valence-electron chi connectivity index (χ2n) is 6.32. The van der Waals surface area contributed by atoms with Crippen LogP contribution in [0.5, 0.6) is 0 Å². The third kappa shape index (κ3) is 2.57. The summed E-state index contributed by atoms with van der Waals surface area (Å²) in [4.78, 5) is 29.4. The molecule has 0 aromatic carbocycles. The first-order valence-corrected chi connectivity index (χ1v) is 7.13. The van der Waals surface area contributed by atoms with Crippen molar-refractivity contribution in [3.05, 3.63) is 5.82 Å². The molecule has 1 aromatic heterocycles. The molecule has 1 atom stereocenters. The molecule has 1 unspecified atom stereocenters. The molecule has 2 amide bonds. The van der Waals surface area contributed by atoms with Crippen LogP contribution >= 0.6 is 0 Å². The molecule has 2 aliphatic rings. The maximum Gasteiger partial charge on any atom is 0.291 e. The van der Waals surface area contributed by atoms with Crippen molar-refractivity contribution in [2.24, 2.45) is 5.92 Å². The summed E-state index contributed by atoms with van der Waals surface area (Å²) in [5.41, 5.74) is -0.394. The lowest BCUT2D eigenvalue weighted by Crippen LogP contribution is -2.69. The number of rotatable bonds is 2. The zero-order valence-corrected chi connectivity index (χ0v) is 12.5. The number of fused-ring (bicyclic) bond motifs is 1. The summed E-state index contributed by atoms with van der Waals surface area (Å²) in [6.07, 6.45) is 0. The quantitative estimate of drug-likeness (QED) is 0.780. The molecule has 114 valence electrons. The lowest BCUT2D eigenvalue weighted by molar-refractivity contribution is -0.136. The van der Waals surface area contributed by atoms with Gasteiger partial charge in [0.15, 0.2) is 0 Å². The van der Waals surface area contributed by atoms with Crippen molar-refractivity contribution in [2.75, 3.05) is 25.0 Å². The molecule has 0 aliphatic carbocycles. The number of hydrogen-bond donors (Lipinski definition) is 2. The molecule has 2 aliphatic heterocycles. The fourth-order valence-electron chi connectivity index (χ4n) is 2.75. The number of nitrogens with one attached hydrogen (secondary N) is 2. The predicted molar refractivity (Wildman–Crippen MR) is 75.8 cm³/mol. The predicted octanol–water partition coefficient (Wildman–Crippen LogP) is -0.310. The number of carbonyl (C=O) groups excluding carboxylic acids is 2. The number of amides is 2. The van der Waals surface area contributed by atoms with Gasteiger partial charge in [-0.2, -0.15) is 4.98 Å². The number of carbonyl (C=O) groups is 2. The minimum atomic E-state index is -0.394. The van der Waals surface area contributed by atoms with E-state index >= 15 is 0 Å². The summed E-state index contributed by atoms with van der Waals surface area (Å²) in [5, 5.41) is 10.3. The third-order valence-corrected chi connectivity index (χ3v) is 3.91. The van der Waals surface area contributed by atoms with Crippen molar-refractivity contribution < 1.29 is 9.59 Å². The van der Waals surface area contributed by atoms with Crippen molar-refractivity contribution in [1.82, 2.24) is 25.0 Å². The van der Waals surface area contributed by atoms with Crippen LogP contribution in [0.4, 0.5) is 5.95 Å². The van der Waals surface area contributed by atoms with Gasteiger partial charge < -0.3 is 15.5 Å². The van der Waals surface area contributed by atoms with E-state index in [-0.39, 0.29) is 17.6 Å². The van der Waals surface area contributed by atoms with Crippen molar-refractivity contribution in [2.45, 2.75) is 32.9 Å². The van der Waals surface area contributed by atoms with Crippen LogP contribution < -0.4 is 10.6 Å². The molecule has 1 fully saturated rings. The zero-order chi connectivity index (χ0) is 15.2. The molecule has 1 saturated heterocycles. The van der Waals surface area contributed by atoms with E-state index in [0.717, 1.165) is 13.1 Å². The first-order valence-electron chi connectivity index (χ1n) is 7.13. The highest BCUT2D eigenvalue weighted by atomic mass is 16.2. The smallest absolute Gasteiger partial charge is 0.291 e. The highest BCUT2D eigenvalue weighted by Crippen LogP contribution is 2.21. The topological polar surface area (TPSA) is 92.2 Å². The molecular formula is C13H20N6O2. The highest BCUT2D eigenvalue weighted by Gasteiger charge is 2.42. The van der Waals surface area contributed by atoms with Crippen LogP contribution in [-0.2, 0) is 11.3 Å². The Hall–Kier alpha value is -2.12. The number of hydrogen-bond acceptors (Lipinski definition) is 5. The summed E-state index contributed by atoms with van der Waals surface area (Å²) >= 11 is 0. The largest absolute Gasteiger partial charge is 0.354 e. The van der Waals surface area contributed by atoms with Gasteiger partial charge >= 0.3 is 0 Å². The summed E-state index contributed by atoms with van der Waals surface area (Å²) in [7, 11) is 0. The molecule has 3 heterocycles. The Labute approximate surface area is 122 Å². The van der Waals surface area contributed by atoms with Gasteiger partial charge in [0.25, 0.3) is 5.91 Å². The fraction of sp³-hybridized carbons (Fsp3) is 0.692. The van der Waals surface area contributed by atoms with E-state index < -0.39 is 5.54 Å². The summed E-state index contributed by atoms with van der Waals surface area (Å²) < 4.78 is 1.73. The first kappa shape index (κ1) is 13.8. The molecule has 2 N–H and O–H groups in total. The maximum atomic E-state index is 12.2. The van der Waals surface area contributed by atoms with Crippen LogP contribution in [0.25, 0.3) is 0 Å². The van der Waals surface area contributed by atoms with E-state index in [0.29, 0.717) is 25.0 Å². The first-order chi connectivity index (χ1) is 9.86. The molecule has 8 nitrogen and oxygen atoms in total. The van der Waals surface area contributed by atoms with Gasteiger partial charge in [0, 0.05) is 33.1 Å². The third-order valence-electron chi connectivity index (χ3n) is 3.91. The normalized spacial score (nSPS) is 22.8. The average molecular weight is 292 g/mol. The molecule has 0 saturated carbocycles. The van der Waals surface area contributed by atoms with E-state index in [1.807, 2.05) is 6.92 Å². The van der Waals surface area contributed by atoms with Crippen molar-refractivity contribution >= 4 is 17.8 Å². The number of anilines is 1. The lowest BCUT2D eigenvalue weighted by Gasteiger charge is -2.47. The Balaban J connectivity index is 1.65. The van der Waals surface area contributed by atoms with Crippen molar-refractivity contribution in [3.8, 4) is 0 Å². The molecule has 3 rings (SSSR count). The van der Waals surface area contributed by atoms with Gasteiger partial charge in [0.1, 0.15) is 0 Å². The van der Waals surface area contributed by atoms with E-state index in [2.05, 4.69) is 27.6 Å². The van der Waals surface area contributed by atoms with Crippen LogP contribution in [0.3, 0.4) is 0 Å². The van der Waals surface area contributed by atoms with Gasteiger partial charge in [-0.1, -0.05) is 6.92 Å². The van der Waals surface area contributed by atoms with Crippen LogP contribution in [-0.4, -0.2) is 56.7 Å². The maximum absolute atomic E-state index is 12.2. The SMILES string of the molecule is CC(=O)N1CC(C)(NC(=O)c2nc3n(n2)CC(C)CN3)C1. The van der Waals surface area contributed by atoms with Gasteiger partial charge in [0.2, 0.25) is 17.7 Å². The zero-order valence-electron chi connectivity index (χ0n) is 12.5. The number of likely N-dealkylation sites (tertiary alicyclic amines) is 1. The van der Waals surface area contributed by atoms with Crippen molar-refractivity contribution in [3.63, 3.8) is 0 Å². The summed E-state index contributed by atoms with van der Waals surface area (Å²) in [6.45, 7) is 8.21. The standard InChI is InChI=1S/C13H20N6O2/c1-8-4-14-12-15-10(17-19(12)5-8)11(21)16-13(3)6-18(7-13)9(2)20/h8H,4-7H2,1-3H3,(H,16,21)(H,14,15,17). The van der Waals surface area contributed by atoms with E-state index in [4.69, 9.17) is 0 Å². The molecule has 8 heteroatoms. The summed E-state index contributed by atoms with van der Waals surface area (Å²) in [5.74, 6) is 1.01. The number of nitrogens with zero attached hydrogens (tertiary/aromatic N) is 4. The molecule has 21 heavy (non-hydrogen) atoms. The Bertz CT molecular complexity index is 589. The molecule has 1 aromatic rings. The minimum Gasteiger partial charge on any atom is -0.354 e. The van der Waals surface area contributed by atoms with Crippen molar-refractivity contribution in [1.29, 1.82) is 0 Å². The molecule has 0 spiro atoms. The van der Waals surface area contributed by atoms with Crippen LogP contribution in [0, 0.1) is 5.92 Å². The van der Waals surface area contributed by atoms with Gasteiger partial charge in [0.05, 0.1) is 5.54 Å². The Morgan fingerprint density at radius 3 is 2.81 bits per heavy atom. The van der Waals surface area contributed by atoms with Crippen LogP contribution in [0.2, 0.25) is 0 Å². The Morgan fingerprint density at radius 1 is 1.43 bits per heavy atom. The second kappa shape index (κ2) is 4.71. The van der Waals surface area contributed by atoms with Gasteiger partial charge in [-0.15, -0.1) is 5.10 Å². The van der Waals surface area contributed by atoms with E-state index in [9.17, 15) is 9.59 Å². The second-order valence-corrected chi connectivity index (χ2v) is 6.32. The summed E-state index contributed by atoms with van der Waals surface area (Å²) in [6, 6.07) is 0. The van der Waals surface area contributed by atoms with Gasteiger partial charge in [-0.3, -0.25) is 9.59 Å². The minimum absolute atomic E-state index is 0.0236. The molecule has 0 bridgehead atoms. The molecule has 0 radical (unpaired) electrons. The fourth-order valence-corrected chi connectivity index (χ4v) is 2.75. The average Bonchev–Trinajstić information content (AvgIpc) is 2.78. The van der Waals surface area contributed by atoms with Crippen LogP contribution in [0.15, 0.2) is 0 Å². The van der Waals surface area contributed by atoms with Gasteiger partial charge in [-0.05, 0) is 12.8 Å². The van der Waals surface area contributed by atoms with E-state index in [1.54, 1.807) is 9.58 Å². The Kier molecular flexibility index (Phi) is 3.11. The molecular weight excluding hydrogens is 272 g/mol. The Morgan fingerprint density at radius 2 is 2.14 bits per heavy atom.